The van der Waals surface area contributed by atoms with E-state index in [4.69, 9.17) is 9.84 Å². The van der Waals surface area contributed by atoms with Gasteiger partial charge in [-0.2, -0.15) is 0 Å². The molecule has 1 heterocycles. The van der Waals surface area contributed by atoms with Crippen LogP contribution in [0.15, 0.2) is 12.1 Å². The van der Waals surface area contributed by atoms with Crippen LogP contribution >= 0.6 is 0 Å². The van der Waals surface area contributed by atoms with Gasteiger partial charge in [0, 0.05) is 32.2 Å². The van der Waals surface area contributed by atoms with Crippen molar-refractivity contribution in [3.8, 4) is 11.5 Å². The van der Waals surface area contributed by atoms with Crippen LogP contribution in [0, 0.1) is 0 Å². The second kappa shape index (κ2) is 7.78. The molecular formula is C16H26N2O4. The molecule has 0 aromatic heterocycles. The Morgan fingerprint density at radius 3 is 2.91 bits per heavy atom. The molecule has 124 valence electrons. The molecule has 1 aliphatic rings. The van der Waals surface area contributed by atoms with E-state index in [1.54, 1.807) is 13.2 Å². The maximum absolute atomic E-state index is 10.1. The Balaban J connectivity index is 2.03. The van der Waals surface area contributed by atoms with E-state index in [1.165, 1.54) is 0 Å². The monoisotopic (exact) mass is 310 g/mol. The highest BCUT2D eigenvalue weighted by Crippen LogP contribution is 2.37. The van der Waals surface area contributed by atoms with E-state index in [-0.39, 0.29) is 18.4 Å². The van der Waals surface area contributed by atoms with Crippen LogP contribution in [0.5, 0.6) is 11.5 Å². The Kier molecular flexibility index (Phi) is 6.02. The average Bonchev–Trinajstić information content (AvgIpc) is 2.50. The molecule has 0 saturated heterocycles. The number of nitrogens with zero attached hydrogens (tertiary/aromatic N) is 1. The summed E-state index contributed by atoms with van der Waals surface area (Å²) in [6.45, 7) is 4.55. The van der Waals surface area contributed by atoms with Gasteiger partial charge in [-0.3, -0.25) is 4.90 Å². The average molecular weight is 310 g/mol. The van der Waals surface area contributed by atoms with Crippen LogP contribution in [0.1, 0.15) is 24.1 Å². The molecule has 0 fully saturated rings. The highest BCUT2D eigenvalue weighted by atomic mass is 16.5. The first-order valence-corrected chi connectivity index (χ1v) is 7.70. The summed E-state index contributed by atoms with van der Waals surface area (Å²) < 4.78 is 5.19. The van der Waals surface area contributed by atoms with Crippen molar-refractivity contribution in [2.45, 2.75) is 25.5 Å². The number of aliphatic hydroxyl groups is 2. The molecule has 6 nitrogen and oxygen atoms in total. The minimum absolute atomic E-state index is 0.0729. The Bertz CT molecular complexity index is 495. The molecule has 1 unspecified atom stereocenters. The van der Waals surface area contributed by atoms with Crippen molar-refractivity contribution in [3.63, 3.8) is 0 Å². The SMILES string of the molecule is COc1cc2c(cc1O)CCN(CC(O)CNCCO)[C@H]2C. The summed E-state index contributed by atoms with van der Waals surface area (Å²) in [5.74, 6) is 0.660. The number of ether oxygens (including phenoxy) is 1. The van der Waals surface area contributed by atoms with Gasteiger partial charge < -0.3 is 25.4 Å². The van der Waals surface area contributed by atoms with Gasteiger partial charge in [0.1, 0.15) is 0 Å². The standard InChI is InChI=1S/C16H26N2O4/c1-11-14-8-16(22-2)15(21)7-12(14)3-5-18(11)10-13(20)9-17-4-6-19/h7-8,11,13,17,19-21H,3-6,9-10H2,1-2H3/t11-,13?/m0/s1. The largest absolute Gasteiger partial charge is 0.504 e. The lowest BCUT2D eigenvalue weighted by atomic mass is 9.92. The third kappa shape index (κ3) is 3.89. The van der Waals surface area contributed by atoms with Crippen LogP contribution in [0.3, 0.4) is 0 Å². The molecule has 0 bridgehead atoms. The van der Waals surface area contributed by atoms with E-state index in [9.17, 15) is 10.2 Å². The molecule has 2 atom stereocenters. The molecule has 1 aromatic rings. The predicted molar refractivity (Wildman–Crippen MR) is 84.3 cm³/mol. The first-order chi connectivity index (χ1) is 10.6. The first kappa shape index (κ1) is 17.0. The number of fused-ring (bicyclic) bond motifs is 1. The third-order valence-electron chi connectivity index (χ3n) is 4.22. The van der Waals surface area contributed by atoms with Gasteiger partial charge in [0.25, 0.3) is 0 Å². The first-order valence-electron chi connectivity index (χ1n) is 7.70. The number of methoxy groups -OCH3 is 1. The zero-order valence-electron chi connectivity index (χ0n) is 13.2. The second-order valence-corrected chi connectivity index (χ2v) is 5.73. The second-order valence-electron chi connectivity index (χ2n) is 5.73. The topological polar surface area (TPSA) is 85.2 Å². The van der Waals surface area contributed by atoms with Gasteiger partial charge in [0.15, 0.2) is 11.5 Å². The molecular weight excluding hydrogens is 284 g/mol. The molecule has 1 aliphatic heterocycles. The quantitative estimate of drug-likeness (QED) is 0.541. The summed E-state index contributed by atoms with van der Waals surface area (Å²) >= 11 is 0. The van der Waals surface area contributed by atoms with E-state index in [0.29, 0.717) is 25.4 Å². The highest BCUT2D eigenvalue weighted by Gasteiger charge is 2.26. The lowest BCUT2D eigenvalue weighted by Gasteiger charge is -2.36. The number of aliphatic hydroxyl groups excluding tert-OH is 2. The fourth-order valence-corrected chi connectivity index (χ4v) is 2.98. The van der Waals surface area contributed by atoms with Crippen molar-refractivity contribution in [1.82, 2.24) is 10.2 Å². The number of rotatable bonds is 7. The number of hydrogen-bond donors (Lipinski definition) is 4. The van der Waals surface area contributed by atoms with Gasteiger partial charge in [-0.05, 0) is 36.6 Å². The third-order valence-corrected chi connectivity index (χ3v) is 4.22. The number of phenolic OH excluding ortho intramolecular Hbond substituents is 1. The molecule has 0 amide bonds. The van der Waals surface area contributed by atoms with Gasteiger partial charge in [0.05, 0.1) is 19.8 Å². The fraction of sp³-hybridized carbons (Fsp3) is 0.625. The lowest BCUT2D eigenvalue weighted by Crippen LogP contribution is -2.42. The van der Waals surface area contributed by atoms with Crippen molar-refractivity contribution in [2.75, 3.05) is 39.9 Å². The van der Waals surface area contributed by atoms with Crippen LogP contribution in [-0.4, -0.2) is 66.2 Å². The predicted octanol–water partition coefficient (Wildman–Crippen LogP) is 0.263. The number of aromatic hydroxyl groups is 1. The molecule has 0 spiro atoms. The van der Waals surface area contributed by atoms with Crippen LogP contribution in [0.2, 0.25) is 0 Å². The lowest BCUT2D eigenvalue weighted by molar-refractivity contribution is 0.0850. The van der Waals surface area contributed by atoms with Gasteiger partial charge >= 0.3 is 0 Å². The van der Waals surface area contributed by atoms with E-state index in [2.05, 4.69) is 17.1 Å². The van der Waals surface area contributed by atoms with Crippen molar-refractivity contribution in [1.29, 1.82) is 0 Å². The maximum atomic E-state index is 10.1. The fourth-order valence-electron chi connectivity index (χ4n) is 2.98. The molecule has 2 rings (SSSR count). The number of phenols is 1. The van der Waals surface area contributed by atoms with Crippen LogP contribution in [0.4, 0.5) is 0 Å². The van der Waals surface area contributed by atoms with Gasteiger partial charge in [-0.1, -0.05) is 0 Å². The van der Waals surface area contributed by atoms with Gasteiger partial charge in [-0.25, -0.2) is 0 Å². The van der Waals surface area contributed by atoms with E-state index < -0.39 is 6.10 Å². The zero-order chi connectivity index (χ0) is 16.1. The molecule has 1 aromatic carbocycles. The molecule has 0 aliphatic carbocycles. The van der Waals surface area contributed by atoms with Crippen molar-refractivity contribution >= 4 is 0 Å². The molecule has 0 radical (unpaired) electrons. The van der Waals surface area contributed by atoms with E-state index >= 15 is 0 Å². The van der Waals surface area contributed by atoms with Crippen molar-refractivity contribution in [2.24, 2.45) is 0 Å². The maximum Gasteiger partial charge on any atom is 0.160 e. The van der Waals surface area contributed by atoms with E-state index in [0.717, 1.165) is 24.1 Å². The number of nitrogens with one attached hydrogen (secondary N) is 1. The van der Waals surface area contributed by atoms with E-state index in [1.807, 2.05) is 6.07 Å². The minimum atomic E-state index is -0.477. The summed E-state index contributed by atoms with van der Waals surface area (Å²) in [4.78, 5) is 2.23. The molecule has 22 heavy (non-hydrogen) atoms. The Morgan fingerprint density at radius 1 is 1.45 bits per heavy atom. The van der Waals surface area contributed by atoms with Crippen LogP contribution < -0.4 is 10.1 Å². The Hall–Kier alpha value is -1.34. The highest BCUT2D eigenvalue weighted by molar-refractivity contribution is 5.48. The summed E-state index contributed by atoms with van der Waals surface area (Å²) in [5, 5.41) is 31.7. The summed E-state index contributed by atoms with van der Waals surface area (Å²) in [5.41, 5.74) is 2.27. The number of hydrogen-bond acceptors (Lipinski definition) is 6. The van der Waals surface area contributed by atoms with Crippen molar-refractivity contribution < 1.29 is 20.1 Å². The molecule has 0 saturated carbocycles. The molecule has 4 N–H and O–H groups in total. The number of benzene rings is 1. The van der Waals surface area contributed by atoms with Gasteiger partial charge in [0.2, 0.25) is 0 Å². The normalized spacial score (nSPS) is 19.7. The van der Waals surface area contributed by atoms with Gasteiger partial charge in [-0.15, -0.1) is 0 Å². The van der Waals surface area contributed by atoms with Crippen LogP contribution in [-0.2, 0) is 6.42 Å². The number of β-amino-alcohol motifs (C(OH)–C–C–N with tert-alkyl or cyclic N) is 1. The summed E-state index contributed by atoms with van der Waals surface area (Å²) in [6, 6.07) is 3.82. The minimum Gasteiger partial charge on any atom is -0.504 e. The molecule has 6 heteroatoms. The smallest absolute Gasteiger partial charge is 0.160 e. The Morgan fingerprint density at radius 2 is 2.23 bits per heavy atom. The summed E-state index contributed by atoms with van der Waals surface area (Å²) in [7, 11) is 1.54. The van der Waals surface area contributed by atoms with Crippen molar-refractivity contribution in [3.05, 3.63) is 23.3 Å². The zero-order valence-corrected chi connectivity index (χ0v) is 13.2. The summed E-state index contributed by atoms with van der Waals surface area (Å²) in [6.07, 6.45) is 0.364. The Labute approximate surface area is 131 Å². The van der Waals surface area contributed by atoms with Crippen LogP contribution in [0.25, 0.3) is 0 Å².